The molecular weight excluding hydrogens is 306 g/mol. The topological polar surface area (TPSA) is 94.3 Å². The average molecular weight is 325 g/mol. The normalized spacial score (nSPS) is 18.9. The van der Waals surface area contributed by atoms with Gasteiger partial charge in [-0.25, -0.2) is 14.6 Å². The van der Waals surface area contributed by atoms with Gasteiger partial charge in [-0.1, -0.05) is 6.07 Å². The van der Waals surface area contributed by atoms with E-state index in [0.717, 1.165) is 38.1 Å². The van der Waals surface area contributed by atoms with Crippen LogP contribution < -0.4 is 5.73 Å². The first kappa shape index (κ1) is 14.8. The molecule has 0 unspecified atom stereocenters. The third-order valence-corrected chi connectivity index (χ3v) is 4.46. The third-order valence-electron chi connectivity index (χ3n) is 4.46. The standard InChI is InChI=1S/C16H19N7O/c17-15(24)16-19-11-23(20-16)12-4-3-6-21(9-12)10-13-8-18-14-5-1-2-7-22(13)14/h1-2,5,7-8,11-12H,3-4,6,9-10H2,(H2,17,24)/t12-/m1/s1. The Labute approximate surface area is 138 Å². The minimum absolute atomic E-state index is 0.0777. The van der Waals surface area contributed by atoms with Crippen molar-refractivity contribution in [1.82, 2.24) is 29.0 Å². The van der Waals surface area contributed by atoms with Gasteiger partial charge in [0.1, 0.15) is 12.0 Å². The van der Waals surface area contributed by atoms with Crippen molar-refractivity contribution in [3.63, 3.8) is 0 Å². The Morgan fingerprint density at radius 1 is 1.33 bits per heavy atom. The summed E-state index contributed by atoms with van der Waals surface area (Å²) in [6.45, 7) is 2.73. The molecule has 124 valence electrons. The van der Waals surface area contributed by atoms with Crippen molar-refractivity contribution in [2.75, 3.05) is 13.1 Å². The lowest BCUT2D eigenvalue weighted by molar-refractivity contribution is 0.0989. The summed E-state index contributed by atoms with van der Waals surface area (Å²) in [4.78, 5) is 22.0. The quantitative estimate of drug-likeness (QED) is 0.768. The summed E-state index contributed by atoms with van der Waals surface area (Å²) >= 11 is 0. The number of likely N-dealkylation sites (tertiary alicyclic amines) is 1. The van der Waals surface area contributed by atoms with Crippen LogP contribution in [0.5, 0.6) is 0 Å². The number of hydrogen-bond acceptors (Lipinski definition) is 5. The maximum absolute atomic E-state index is 11.2. The van der Waals surface area contributed by atoms with Gasteiger partial charge < -0.3 is 10.1 Å². The Bertz CT molecular complexity index is 868. The monoisotopic (exact) mass is 325 g/mol. The number of primary amides is 1. The fourth-order valence-electron chi connectivity index (χ4n) is 3.29. The zero-order valence-corrected chi connectivity index (χ0v) is 13.2. The largest absolute Gasteiger partial charge is 0.363 e. The van der Waals surface area contributed by atoms with Crippen molar-refractivity contribution in [1.29, 1.82) is 0 Å². The van der Waals surface area contributed by atoms with Crippen LogP contribution in [0.15, 0.2) is 36.9 Å². The molecule has 8 heteroatoms. The van der Waals surface area contributed by atoms with Gasteiger partial charge in [-0.2, -0.15) is 0 Å². The highest BCUT2D eigenvalue weighted by molar-refractivity contribution is 5.88. The molecule has 1 aliphatic heterocycles. The number of rotatable bonds is 4. The van der Waals surface area contributed by atoms with Crippen LogP contribution in [0.1, 0.15) is 35.2 Å². The van der Waals surface area contributed by atoms with Gasteiger partial charge in [-0.15, -0.1) is 5.10 Å². The van der Waals surface area contributed by atoms with E-state index in [9.17, 15) is 4.79 Å². The van der Waals surface area contributed by atoms with Crippen LogP contribution in [0, 0.1) is 0 Å². The molecule has 1 atom stereocenters. The van der Waals surface area contributed by atoms with E-state index in [-0.39, 0.29) is 11.9 Å². The number of nitrogens with two attached hydrogens (primary N) is 1. The van der Waals surface area contributed by atoms with E-state index >= 15 is 0 Å². The average Bonchev–Trinajstić information content (AvgIpc) is 3.23. The molecule has 0 aromatic carbocycles. The van der Waals surface area contributed by atoms with Gasteiger partial charge in [-0.3, -0.25) is 9.69 Å². The molecule has 0 spiro atoms. The van der Waals surface area contributed by atoms with Crippen LogP contribution in [-0.2, 0) is 6.54 Å². The van der Waals surface area contributed by atoms with Gasteiger partial charge in [0.25, 0.3) is 5.91 Å². The predicted molar refractivity (Wildman–Crippen MR) is 87.3 cm³/mol. The second-order valence-electron chi connectivity index (χ2n) is 6.12. The maximum Gasteiger partial charge on any atom is 0.288 e. The Morgan fingerprint density at radius 3 is 3.08 bits per heavy atom. The van der Waals surface area contributed by atoms with Crippen molar-refractivity contribution in [3.8, 4) is 0 Å². The van der Waals surface area contributed by atoms with Crippen molar-refractivity contribution in [2.24, 2.45) is 5.73 Å². The Morgan fingerprint density at radius 2 is 2.25 bits per heavy atom. The smallest absolute Gasteiger partial charge is 0.288 e. The lowest BCUT2D eigenvalue weighted by Crippen LogP contribution is -2.36. The van der Waals surface area contributed by atoms with Gasteiger partial charge in [0.05, 0.1) is 17.9 Å². The van der Waals surface area contributed by atoms with Crippen molar-refractivity contribution < 1.29 is 4.79 Å². The lowest BCUT2D eigenvalue weighted by atomic mass is 10.1. The zero-order valence-electron chi connectivity index (χ0n) is 13.2. The first-order valence-corrected chi connectivity index (χ1v) is 8.05. The predicted octanol–water partition coefficient (Wildman–Crippen LogP) is 0.862. The highest BCUT2D eigenvalue weighted by Crippen LogP contribution is 2.22. The third kappa shape index (κ3) is 2.76. The molecule has 1 saturated heterocycles. The molecule has 0 saturated carbocycles. The number of piperidine rings is 1. The maximum atomic E-state index is 11.2. The molecule has 1 aliphatic rings. The highest BCUT2D eigenvalue weighted by Gasteiger charge is 2.23. The molecule has 8 nitrogen and oxygen atoms in total. The molecule has 0 bridgehead atoms. The number of amides is 1. The van der Waals surface area contributed by atoms with Gasteiger partial charge in [0.2, 0.25) is 5.82 Å². The first-order chi connectivity index (χ1) is 11.7. The van der Waals surface area contributed by atoms with E-state index in [1.54, 1.807) is 11.0 Å². The van der Waals surface area contributed by atoms with Crippen LogP contribution in [-0.4, -0.2) is 48.0 Å². The second-order valence-corrected chi connectivity index (χ2v) is 6.12. The van der Waals surface area contributed by atoms with Crippen molar-refractivity contribution >= 4 is 11.6 Å². The van der Waals surface area contributed by atoms with Crippen LogP contribution >= 0.6 is 0 Å². The number of nitrogens with zero attached hydrogens (tertiary/aromatic N) is 6. The zero-order chi connectivity index (χ0) is 16.5. The minimum Gasteiger partial charge on any atom is -0.363 e. The number of imidazole rings is 1. The molecule has 24 heavy (non-hydrogen) atoms. The number of aromatic nitrogens is 5. The molecule has 0 aliphatic carbocycles. The number of pyridine rings is 1. The summed E-state index contributed by atoms with van der Waals surface area (Å²) in [5.41, 5.74) is 7.36. The van der Waals surface area contributed by atoms with Crippen LogP contribution in [0.3, 0.4) is 0 Å². The number of fused-ring (bicyclic) bond motifs is 1. The van der Waals surface area contributed by atoms with Gasteiger partial charge in [0, 0.05) is 19.3 Å². The Balaban J connectivity index is 1.49. The first-order valence-electron chi connectivity index (χ1n) is 8.05. The Hall–Kier alpha value is -2.74. The van der Waals surface area contributed by atoms with Gasteiger partial charge in [0.15, 0.2) is 0 Å². The fourth-order valence-corrected chi connectivity index (χ4v) is 3.29. The van der Waals surface area contributed by atoms with Crippen LogP contribution in [0.2, 0.25) is 0 Å². The molecule has 1 amide bonds. The molecule has 1 fully saturated rings. The lowest BCUT2D eigenvalue weighted by Gasteiger charge is -2.32. The van der Waals surface area contributed by atoms with E-state index in [4.69, 9.17) is 5.73 Å². The summed E-state index contributed by atoms with van der Waals surface area (Å²) in [5.74, 6) is -0.513. The van der Waals surface area contributed by atoms with Gasteiger partial charge in [-0.05, 0) is 31.5 Å². The number of carbonyl (C=O) groups is 1. The SMILES string of the molecule is NC(=O)c1ncn([C@@H]2CCCN(Cc3cnc4ccccn34)C2)n1. The minimum atomic E-state index is -0.591. The number of hydrogen-bond donors (Lipinski definition) is 1. The molecule has 3 aromatic heterocycles. The molecule has 0 radical (unpaired) electrons. The van der Waals surface area contributed by atoms with E-state index < -0.39 is 5.91 Å². The molecule has 4 heterocycles. The molecule has 3 aromatic rings. The molecule has 2 N–H and O–H groups in total. The second kappa shape index (κ2) is 6.04. The van der Waals surface area contributed by atoms with E-state index in [1.165, 1.54) is 5.69 Å². The highest BCUT2D eigenvalue weighted by atomic mass is 16.1. The van der Waals surface area contributed by atoms with Crippen molar-refractivity contribution in [2.45, 2.75) is 25.4 Å². The Kier molecular flexibility index (Phi) is 3.73. The molecular formula is C16H19N7O. The fraction of sp³-hybridized carbons (Fsp3) is 0.375. The summed E-state index contributed by atoms with van der Waals surface area (Å²) < 4.78 is 3.88. The summed E-state index contributed by atoms with van der Waals surface area (Å²) in [6, 6.07) is 6.21. The number of carbonyl (C=O) groups excluding carboxylic acids is 1. The summed E-state index contributed by atoms with van der Waals surface area (Å²) in [7, 11) is 0. The van der Waals surface area contributed by atoms with Crippen LogP contribution in [0.4, 0.5) is 0 Å². The van der Waals surface area contributed by atoms with Crippen LogP contribution in [0.25, 0.3) is 5.65 Å². The summed E-state index contributed by atoms with van der Waals surface area (Å²) in [5, 5.41) is 4.20. The van der Waals surface area contributed by atoms with Gasteiger partial charge >= 0.3 is 0 Å². The van der Waals surface area contributed by atoms with Crippen molar-refractivity contribution in [3.05, 3.63) is 48.4 Å². The molecule has 4 rings (SSSR count). The van der Waals surface area contributed by atoms with E-state index in [0.29, 0.717) is 0 Å². The van der Waals surface area contributed by atoms with E-state index in [2.05, 4.69) is 24.4 Å². The summed E-state index contributed by atoms with van der Waals surface area (Å²) in [6.07, 6.45) is 7.66. The van der Waals surface area contributed by atoms with E-state index in [1.807, 2.05) is 30.6 Å².